The number of unbranched alkanes of at least 4 members (excludes halogenated alkanes) is 13. The van der Waals surface area contributed by atoms with Gasteiger partial charge in [-0.25, -0.2) is 0 Å². The molecule has 2 N–H and O–H groups in total. The Morgan fingerprint density at radius 3 is 1.20 bits per heavy atom. The van der Waals surface area contributed by atoms with E-state index in [1.807, 2.05) is 0 Å². The van der Waals surface area contributed by atoms with Crippen LogP contribution in [0.4, 0.5) is 0 Å². The first-order chi connectivity index (χ1) is 9.27. The number of hydrogen-bond donors (Lipinski definition) is 1. The summed E-state index contributed by atoms with van der Waals surface area (Å²) in [5.74, 6) is 0. The van der Waals surface area contributed by atoms with E-state index in [-0.39, 0.29) is 24.0 Å². The molecule has 20 heavy (non-hydrogen) atoms. The highest BCUT2D eigenvalue weighted by Crippen LogP contribution is 2.13. The molecule has 124 valence electrons. The minimum atomic E-state index is 0. The summed E-state index contributed by atoms with van der Waals surface area (Å²) in [6, 6.07) is 0.400. The molecule has 0 radical (unpaired) electrons. The van der Waals surface area contributed by atoms with Crippen molar-refractivity contribution in [2.45, 2.75) is 116 Å². The van der Waals surface area contributed by atoms with Crippen LogP contribution in [0.25, 0.3) is 0 Å². The van der Waals surface area contributed by atoms with Crippen LogP contribution in [0.2, 0.25) is 0 Å². The van der Waals surface area contributed by atoms with Crippen LogP contribution < -0.4 is 5.73 Å². The number of rotatable bonds is 15. The summed E-state index contributed by atoms with van der Waals surface area (Å²) in [6.45, 7) is 4.40. The average molecular weight is 397 g/mol. The van der Waals surface area contributed by atoms with Crippen molar-refractivity contribution in [2.24, 2.45) is 5.73 Å². The minimum absolute atomic E-state index is 0. The van der Waals surface area contributed by atoms with Crippen LogP contribution in [0.5, 0.6) is 0 Å². The van der Waals surface area contributed by atoms with Gasteiger partial charge >= 0.3 is 0 Å². The molecule has 0 aromatic heterocycles. The van der Waals surface area contributed by atoms with Crippen LogP contribution in [0.3, 0.4) is 0 Å². The van der Waals surface area contributed by atoms with E-state index in [9.17, 15) is 0 Å². The molecule has 0 aromatic carbocycles. The van der Waals surface area contributed by atoms with Crippen molar-refractivity contribution < 1.29 is 0 Å². The molecule has 1 atom stereocenters. The zero-order valence-corrected chi connectivity index (χ0v) is 16.5. The highest BCUT2D eigenvalue weighted by atomic mass is 127. The van der Waals surface area contributed by atoms with Crippen LogP contribution in [0, 0.1) is 0 Å². The van der Waals surface area contributed by atoms with Crippen LogP contribution in [0.1, 0.15) is 110 Å². The average Bonchev–Trinajstić information content (AvgIpc) is 2.39. The Bertz CT molecular complexity index is 159. The fraction of sp³-hybridized carbons (Fsp3) is 1.00. The van der Waals surface area contributed by atoms with Crippen LogP contribution >= 0.6 is 24.0 Å². The first-order valence-electron chi connectivity index (χ1n) is 9.03. The molecule has 0 bridgehead atoms. The van der Waals surface area contributed by atoms with Crippen molar-refractivity contribution >= 4 is 24.0 Å². The van der Waals surface area contributed by atoms with E-state index in [1.165, 1.54) is 96.3 Å². The lowest BCUT2D eigenvalue weighted by atomic mass is 10.0. The first-order valence-corrected chi connectivity index (χ1v) is 9.03. The van der Waals surface area contributed by atoms with Gasteiger partial charge < -0.3 is 5.73 Å². The fourth-order valence-electron chi connectivity index (χ4n) is 2.66. The molecular weight excluding hydrogens is 357 g/mol. The Hall–Kier alpha value is 0.690. The fourth-order valence-corrected chi connectivity index (χ4v) is 2.66. The molecule has 0 spiro atoms. The van der Waals surface area contributed by atoms with E-state index in [0.29, 0.717) is 6.04 Å². The molecule has 0 aliphatic heterocycles. The van der Waals surface area contributed by atoms with E-state index in [4.69, 9.17) is 5.73 Å². The van der Waals surface area contributed by atoms with E-state index in [2.05, 4.69) is 13.8 Å². The third-order valence-corrected chi connectivity index (χ3v) is 4.01. The number of nitrogens with two attached hydrogens (primary N) is 1. The Morgan fingerprint density at radius 1 is 0.600 bits per heavy atom. The van der Waals surface area contributed by atoms with Crippen LogP contribution in [-0.2, 0) is 0 Å². The van der Waals surface area contributed by atoms with Crippen LogP contribution in [0.15, 0.2) is 0 Å². The maximum absolute atomic E-state index is 5.74. The SMILES string of the molecule is CCCCCCCCCCCCCCCCC(C)N.I. The second kappa shape index (κ2) is 19.7. The molecular formula is C18H40IN. The number of halogens is 1. The number of hydrogen-bond acceptors (Lipinski definition) is 1. The summed E-state index contributed by atoms with van der Waals surface area (Å²) in [5.41, 5.74) is 5.74. The maximum Gasteiger partial charge on any atom is 0.00104 e. The van der Waals surface area contributed by atoms with Gasteiger partial charge in [-0.1, -0.05) is 96.8 Å². The molecule has 1 nitrogen and oxygen atoms in total. The molecule has 1 unspecified atom stereocenters. The van der Waals surface area contributed by atoms with E-state index in [0.717, 1.165) is 0 Å². The Labute approximate surface area is 145 Å². The zero-order chi connectivity index (χ0) is 14.2. The summed E-state index contributed by atoms with van der Waals surface area (Å²) in [6.07, 6.45) is 21.3. The molecule has 0 aliphatic carbocycles. The van der Waals surface area contributed by atoms with Gasteiger partial charge in [0.15, 0.2) is 0 Å². The van der Waals surface area contributed by atoms with Gasteiger partial charge in [0.25, 0.3) is 0 Å². The predicted molar refractivity (Wildman–Crippen MR) is 104 cm³/mol. The van der Waals surface area contributed by atoms with Crippen molar-refractivity contribution in [1.29, 1.82) is 0 Å². The van der Waals surface area contributed by atoms with Gasteiger partial charge in [0, 0.05) is 6.04 Å². The molecule has 0 fully saturated rings. The topological polar surface area (TPSA) is 26.0 Å². The molecule has 0 saturated heterocycles. The zero-order valence-electron chi connectivity index (χ0n) is 14.2. The molecule has 0 heterocycles. The van der Waals surface area contributed by atoms with Gasteiger partial charge in [-0.3, -0.25) is 0 Å². The maximum atomic E-state index is 5.74. The largest absolute Gasteiger partial charge is 0.328 e. The van der Waals surface area contributed by atoms with Crippen molar-refractivity contribution in [2.75, 3.05) is 0 Å². The van der Waals surface area contributed by atoms with Crippen molar-refractivity contribution in [3.63, 3.8) is 0 Å². The minimum Gasteiger partial charge on any atom is -0.328 e. The van der Waals surface area contributed by atoms with Gasteiger partial charge in [0.1, 0.15) is 0 Å². The quantitative estimate of drug-likeness (QED) is 0.238. The summed E-state index contributed by atoms with van der Waals surface area (Å²) in [7, 11) is 0. The van der Waals surface area contributed by atoms with Gasteiger partial charge in [0.2, 0.25) is 0 Å². The summed E-state index contributed by atoms with van der Waals surface area (Å²) in [4.78, 5) is 0. The van der Waals surface area contributed by atoms with Crippen molar-refractivity contribution in [1.82, 2.24) is 0 Å². The van der Waals surface area contributed by atoms with E-state index < -0.39 is 0 Å². The standard InChI is InChI=1S/C18H39N.HI/c1-3-4-5-6-7-8-9-10-11-12-13-14-15-16-17-18(2)19;/h18H,3-17,19H2,1-2H3;1H. The molecule has 0 aliphatic rings. The third-order valence-electron chi connectivity index (χ3n) is 4.01. The summed E-state index contributed by atoms with van der Waals surface area (Å²) in [5, 5.41) is 0. The van der Waals surface area contributed by atoms with Gasteiger partial charge in [-0.05, 0) is 13.3 Å². The Balaban J connectivity index is 0. The Kier molecular flexibility index (Phi) is 22.6. The molecule has 0 amide bonds. The molecule has 0 aromatic rings. The van der Waals surface area contributed by atoms with Crippen LogP contribution in [-0.4, -0.2) is 6.04 Å². The second-order valence-corrected chi connectivity index (χ2v) is 6.36. The van der Waals surface area contributed by atoms with E-state index >= 15 is 0 Å². The predicted octanol–water partition coefficient (Wildman–Crippen LogP) is 6.82. The van der Waals surface area contributed by atoms with Gasteiger partial charge in [0.05, 0.1) is 0 Å². The molecule has 0 rings (SSSR count). The highest BCUT2D eigenvalue weighted by Gasteiger charge is 1.95. The molecule has 2 heteroatoms. The highest BCUT2D eigenvalue weighted by molar-refractivity contribution is 14.0. The first kappa shape index (κ1) is 23.0. The summed E-state index contributed by atoms with van der Waals surface area (Å²) >= 11 is 0. The second-order valence-electron chi connectivity index (χ2n) is 6.36. The normalized spacial score (nSPS) is 12.2. The van der Waals surface area contributed by atoms with Crippen molar-refractivity contribution in [3.05, 3.63) is 0 Å². The van der Waals surface area contributed by atoms with E-state index in [1.54, 1.807) is 0 Å². The van der Waals surface area contributed by atoms with Crippen molar-refractivity contribution in [3.8, 4) is 0 Å². The Morgan fingerprint density at radius 2 is 0.900 bits per heavy atom. The summed E-state index contributed by atoms with van der Waals surface area (Å²) < 4.78 is 0. The third kappa shape index (κ3) is 21.0. The molecule has 0 saturated carbocycles. The van der Waals surface area contributed by atoms with Gasteiger partial charge in [-0.2, -0.15) is 0 Å². The lowest BCUT2D eigenvalue weighted by Gasteiger charge is -2.05. The lowest BCUT2D eigenvalue weighted by Crippen LogP contribution is -2.13. The monoisotopic (exact) mass is 397 g/mol. The smallest absolute Gasteiger partial charge is 0.00104 e. The van der Waals surface area contributed by atoms with Gasteiger partial charge in [-0.15, -0.1) is 24.0 Å². The lowest BCUT2D eigenvalue weighted by molar-refractivity contribution is 0.523.